The number of anilines is 1. The van der Waals surface area contributed by atoms with Gasteiger partial charge in [-0.25, -0.2) is 4.98 Å². The molecular weight excluding hydrogens is 282 g/mol. The zero-order chi connectivity index (χ0) is 15.5. The number of piperidine rings is 1. The molecule has 0 bridgehead atoms. The molecule has 3 rings (SSSR count). The highest BCUT2D eigenvalue weighted by Crippen LogP contribution is 2.21. The van der Waals surface area contributed by atoms with Crippen LogP contribution in [0.15, 0.2) is 24.4 Å². The topological polar surface area (TPSA) is 84.2 Å². The van der Waals surface area contributed by atoms with E-state index in [0.717, 1.165) is 25.5 Å². The van der Waals surface area contributed by atoms with Gasteiger partial charge in [0.15, 0.2) is 0 Å². The number of non-ortho nitro benzene ring substituents is 1. The lowest BCUT2D eigenvalue weighted by atomic mass is 9.98. The van der Waals surface area contributed by atoms with Crippen molar-refractivity contribution in [1.29, 1.82) is 0 Å². The highest BCUT2D eigenvalue weighted by atomic mass is 16.6. The predicted molar refractivity (Wildman–Crippen MR) is 85.1 cm³/mol. The van der Waals surface area contributed by atoms with Gasteiger partial charge in [0.05, 0.1) is 22.2 Å². The number of hydrogen-bond donors (Lipinski definition) is 1. The molecule has 1 fully saturated rings. The summed E-state index contributed by atoms with van der Waals surface area (Å²) in [4.78, 5) is 21.4. The maximum absolute atomic E-state index is 10.8. The summed E-state index contributed by atoms with van der Waals surface area (Å²) in [5.41, 5.74) is 1.27. The van der Waals surface area contributed by atoms with E-state index in [1.165, 1.54) is 25.0 Å². The molecule has 1 aromatic carbocycles. The van der Waals surface area contributed by atoms with E-state index in [4.69, 9.17) is 0 Å². The number of fused-ring (bicyclic) bond motifs is 1. The van der Waals surface area contributed by atoms with Gasteiger partial charge in [-0.1, -0.05) is 0 Å². The number of rotatable bonds is 4. The van der Waals surface area contributed by atoms with Crippen molar-refractivity contribution >= 4 is 22.5 Å². The minimum atomic E-state index is -0.418. The fourth-order valence-corrected chi connectivity index (χ4v) is 2.83. The summed E-state index contributed by atoms with van der Waals surface area (Å²) >= 11 is 0. The average Bonchev–Trinajstić information content (AvgIpc) is 2.54. The fraction of sp³-hybridized carbons (Fsp3) is 0.467. The van der Waals surface area contributed by atoms with Crippen molar-refractivity contribution in [2.24, 2.45) is 5.92 Å². The summed E-state index contributed by atoms with van der Waals surface area (Å²) in [7, 11) is 2.02. The van der Waals surface area contributed by atoms with Gasteiger partial charge in [0, 0.05) is 25.7 Å². The Morgan fingerprint density at radius 2 is 2.14 bits per heavy atom. The molecular formula is C15H19N5O2. The molecule has 116 valence electrons. The first-order valence-electron chi connectivity index (χ1n) is 7.46. The van der Waals surface area contributed by atoms with Crippen LogP contribution in [0.4, 0.5) is 11.5 Å². The SMILES string of the molecule is CN(CC1CCNCC1)c1cnc2cc([N+](=O)[O-])ccc2n1. The van der Waals surface area contributed by atoms with E-state index < -0.39 is 4.92 Å². The van der Waals surface area contributed by atoms with Crippen molar-refractivity contribution < 1.29 is 4.92 Å². The van der Waals surface area contributed by atoms with E-state index in [1.807, 2.05) is 7.05 Å². The third-order valence-corrected chi connectivity index (χ3v) is 4.11. The minimum absolute atomic E-state index is 0.0395. The molecule has 1 aliphatic rings. The largest absolute Gasteiger partial charge is 0.358 e. The maximum atomic E-state index is 10.8. The van der Waals surface area contributed by atoms with Gasteiger partial charge in [0.2, 0.25) is 0 Å². The normalized spacial score (nSPS) is 15.9. The quantitative estimate of drug-likeness (QED) is 0.686. The van der Waals surface area contributed by atoms with E-state index in [9.17, 15) is 10.1 Å². The van der Waals surface area contributed by atoms with Crippen molar-refractivity contribution in [2.45, 2.75) is 12.8 Å². The van der Waals surface area contributed by atoms with Crippen LogP contribution in [0, 0.1) is 16.0 Å². The van der Waals surface area contributed by atoms with Crippen molar-refractivity contribution in [3.05, 3.63) is 34.5 Å². The van der Waals surface area contributed by atoms with Crippen LogP contribution in [-0.2, 0) is 0 Å². The molecule has 1 saturated heterocycles. The highest BCUT2D eigenvalue weighted by molar-refractivity contribution is 5.78. The molecule has 2 aromatic rings. The monoisotopic (exact) mass is 301 g/mol. The molecule has 1 aliphatic heterocycles. The summed E-state index contributed by atoms with van der Waals surface area (Å²) in [6, 6.07) is 4.58. The first-order chi connectivity index (χ1) is 10.6. The molecule has 22 heavy (non-hydrogen) atoms. The summed E-state index contributed by atoms with van der Waals surface area (Å²) in [6.45, 7) is 3.10. The van der Waals surface area contributed by atoms with Crippen molar-refractivity contribution in [2.75, 3.05) is 31.6 Å². The average molecular weight is 301 g/mol. The lowest BCUT2D eigenvalue weighted by molar-refractivity contribution is -0.384. The van der Waals surface area contributed by atoms with Crippen LogP contribution in [0.1, 0.15) is 12.8 Å². The van der Waals surface area contributed by atoms with Gasteiger partial charge in [-0.2, -0.15) is 0 Å². The summed E-state index contributed by atoms with van der Waals surface area (Å²) < 4.78 is 0. The number of hydrogen-bond acceptors (Lipinski definition) is 6. The lowest BCUT2D eigenvalue weighted by Gasteiger charge is -2.28. The predicted octanol–water partition coefficient (Wildman–Crippen LogP) is 1.97. The van der Waals surface area contributed by atoms with Crippen LogP contribution in [0.5, 0.6) is 0 Å². The molecule has 0 unspecified atom stereocenters. The number of nitrogens with one attached hydrogen (secondary N) is 1. The van der Waals surface area contributed by atoms with Gasteiger partial charge in [-0.05, 0) is 37.9 Å². The Bertz CT molecular complexity index is 685. The van der Waals surface area contributed by atoms with Crippen LogP contribution >= 0.6 is 0 Å². The Hall–Kier alpha value is -2.28. The molecule has 0 aliphatic carbocycles. The molecule has 2 heterocycles. The molecule has 0 radical (unpaired) electrons. The molecule has 1 aromatic heterocycles. The Balaban J connectivity index is 1.78. The molecule has 7 heteroatoms. The second-order valence-corrected chi connectivity index (χ2v) is 5.73. The molecule has 0 saturated carbocycles. The number of aromatic nitrogens is 2. The first-order valence-corrected chi connectivity index (χ1v) is 7.46. The van der Waals surface area contributed by atoms with Crippen molar-refractivity contribution in [1.82, 2.24) is 15.3 Å². The zero-order valence-corrected chi connectivity index (χ0v) is 12.5. The van der Waals surface area contributed by atoms with Gasteiger partial charge >= 0.3 is 0 Å². The number of nitro groups is 1. The number of benzene rings is 1. The van der Waals surface area contributed by atoms with Gasteiger partial charge in [-0.15, -0.1) is 0 Å². The van der Waals surface area contributed by atoms with Crippen molar-refractivity contribution in [3.8, 4) is 0 Å². The minimum Gasteiger partial charge on any atom is -0.358 e. The number of nitro benzene ring substituents is 1. The molecule has 0 atom stereocenters. The lowest BCUT2D eigenvalue weighted by Crippen LogP contribution is -2.34. The first kappa shape index (κ1) is 14.6. The molecule has 0 spiro atoms. The summed E-state index contributed by atoms with van der Waals surface area (Å²) in [5, 5.41) is 14.1. The zero-order valence-electron chi connectivity index (χ0n) is 12.5. The third-order valence-electron chi connectivity index (χ3n) is 4.11. The second kappa shape index (κ2) is 6.23. The second-order valence-electron chi connectivity index (χ2n) is 5.73. The van der Waals surface area contributed by atoms with E-state index in [0.29, 0.717) is 17.0 Å². The Kier molecular flexibility index (Phi) is 4.15. The molecule has 1 N–H and O–H groups in total. The Morgan fingerprint density at radius 3 is 2.86 bits per heavy atom. The standard InChI is InChI=1S/C15H19N5O2/c1-19(10-11-4-6-16-7-5-11)15-9-17-14-8-12(20(21)22)2-3-13(14)18-15/h2-3,8-9,11,16H,4-7,10H2,1H3. The fourth-order valence-electron chi connectivity index (χ4n) is 2.83. The summed E-state index contributed by atoms with van der Waals surface area (Å²) in [6.07, 6.45) is 4.04. The van der Waals surface area contributed by atoms with Crippen LogP contribution in [0.2, 0.25) is 0 Å². The molecule has 0 amide bonds. The Labute approximate surface area is 128 Å². The van der Waals surface area contributed by atoms with E-state index in [1.54, 1.807) is 12.3 Å². The van der Waals surface area contributed by atoms with Gasteiger partial charge < -0.3 is 10.2 Å². The van der Waals surface area contributed by atoms with Gasteiger partial charge in [0.1, 0.15) is 5.82 Å². The van der Waals surface area contributed by atoms with E-state index >= 15 is 0 Å². The smallest absolute Gasteiger partial charge is 0.271 e. The summed E-state index contributed by atoms with van der Waals surface area (Å²) in [5.74, 6) is 1.47. The van der Waals surface area contributed by atoms with Crippen LogP contribution in [0.3, 0.4) is 0 Å². The van der Waals surface area contributed by atoms with Crippen molar-refractivity contribution in [3.63, 3.8) is 0 Å². The van der Waals surface area contributed by atoms with E-state index in [2.05, 4.69) is 20.2 Å². The highest BCUT2D eigenvalue weighted by Gasteiger charge is 2.16. The van der Waals surface area contributed by atoms with Crippen LogP contribution in [-0.4, -0.2) is 41.6 Å². The van der Waals surface area contributed by atoms with Crippen LogP contribution < -0.4 is 10.2 Å². The maximum Gasteiger partial charge on any atom is 0.271 e. The van der Waals surface area contributed by atoms with E-state index in [-0.39, 0.29) is 5.69 Å². The van der Waals surface area contributed by atoms with Gasteiger partial charge in [-0.3, -0.25) is 15.1 Å². The Morgan fingerprint density at radius 1 is 1.36 bits per heavy atom. The van der Waals surface area contributed by atoms with Gasteiger partial charge in [0.25, 0.3) is 5.69 Å². The molecule has 7 nitrogen and oxygen atoms in total. The number of nitrogens with zero attached hydrogens (tertiary/aromatic N) is 4. The van der Waals surface area contributed by atoms with Crippen LogP contribution in [0.25, 0.3) is 11.0 Å². The third kappa shape index (κ3) is 3.14.